The van der Waals surface area contributed by atoms with Gasteiger partial charge in [0.1, 0.15) is 5.78 Å². The van der Waals surface area contributed by atoms with Crippen molar-refractivity contribution in [2.45, 2.75) is 70.9 Å². The van der Waals surface area contributed by atoms with Gasteiger partial charge >= 0.3 is 5.97 Å². The van der Waals surface area contributed by atoms with Gasteiger partial charge in [-0.3, -0.25) is 9.59 Å². The normalized spacial score (nSPS) is 21.8. The molecule has 2 rings (SSSR count). The van der Waals surface area contributed by atoms with Crippen LogP contribution in [0.3, 0.4) is 0 Å². The van der Waals surface area contributed by atoms with Crippen molar-refractivity contribution in [3.05, 3.63) is 47.5 Å². The molecule has 33 heavy (non-hydrogen) atoms. The zero-order chi connectivity index (χ0) is 24.2. The fraction of sp³-hybridized carbons (Fsp3) is 0.615. The number of ketones is 1. The number of aliphatic hydroxyl groups excluding tert-OH is 2. The number of hydrogen-bond acceptors (Lipinski definition) is 7. The summed E-state index contributed by atoms with van der Waals surface area (Å²) in [5, 5.41) is 20.8. The molecule has 0 amide bonds. The molecule has 4 unspecified atom stereocenters. The van der Waals surface area contributed by atoms with Crippen LogP contribution in [0.5, 0.6) is 0 Å². The van der Waals surface area contributed by atoms with Crippen molar-refractivity contribution in [1.82, 2.24) is 0 Å². The second kappa shape index (κ2) is 14.6. The predicted octanol–water partition coefficient (Wildman–Crippen LogP) is 3.71. The Morgan fingerprint density at radius 3 is 2.76 bits per heavy atom. The summed E-state index contributed by atoms with van der Waals surface area (Å²) in [7, 11) is 1.65. The number of thioether (sulfide) groups is 1. The van der Waals surface area contributed by atoms with Crippen LogP contribution in [0.15, 0.2) is 36.4 Å². The van der Waals surface area contributed by atoms with Crippen LogP contribution in [0.1, 0.15) is 50.7 Å². The third-order valence-corrected chi connectivity index (χ3v) is 6.75. The number of methoxy groups -OCH3 is 1. The van der Waals surface area contributed by atoms with Crippen molar-refractivity contribution < 1.29 is 29.3 Å². The molecule has 0 saturated heterocycles. The van der Waals surface area contributed by atoms with Gasteiger partial charge in [0, 0.05) is 38.2 Å². The van der Waals surface area contributed by atoms with Crippen molar-refractivity contribution in [3.8, 4) is 0 Å². The van der Waals surface area contributed by atoms with Crippen LogP contribution in [0.25, 0.3) is 0 Å². The third-order valence-electron chi connectivity index (χ3n) is 5.65. The van der Waals surface area contributed by atoms with E-state index in [1.807, 2.05) is 44.2 Å². The number of carbonyl (C=O) groups excluding carboxylic acids is 2. The van der Waals surface area contributed by atoms with E-state index >= 15 is 0 Å². The van der Waals surface area contributed by atoms with E-state index in [0.29, 0.717) is 25.9 Å². The lowest BCUT2D eigenvalue weighted by molar-refractivity contribution is -0.147. The molecule has 0 heterocycles. The van der Waals surface area contributed by atoms with Crippen molar-refractivity contribution in [2.75, 3.05) is 18.6 Å². The molecule has 0 aliphatic heterocycles. The molecule has 1 aliphatic rings. The highest BCUT2D eigenvalue weighted by molar-refractivity contribution is 7.99. The summed E-state index contributed by atoms with van der Waals surface area (Å²) < 4.78 is 10.3. The largest absolute Gasteiger partial charge is 0.463 e. The van der Waals surface area contributed by atoms with E-state index in [1.165, 1.54) is 0 Å². The molecule has 1 fully saturated rings. The van der Waals surface area contributed by atoms with Crippen molar-refractivity contribution >= 4 is 23.5 Å². The first-order valence-electron chi connectivity index (χ1n) is 11.7. The second-order valence-corrected chi connectivity index (χ2v) is 10.1. The maximum atomic E-state index is 12.4. The van der Waals surface area contributed by atoms with Crippen molar-refractivity contribution in [3.63, 3.8) is 0 Å². The van der Waals surface area contributed by atoms with Gasteiger partial charge in [-0.2, -0.15) is 11.8 Å². The molecule has 6 nitrogen and oxygen atoms in total. The number of esters is 1. The van der Waals surface area contributed by atoms with E-state index in [1.54, 1.807) is 24.9 Å². The highest BCUT2D eigenvalue weighted by Gasteiger charge is 2.39. The maximum Gasteiger partial charge on any atom is 0.306 e. The van der Waals surface area contributed by atoms with Gasteiger partial charge in [0.15, 0.2) is 0 Å². The number of rotatable bonds is 14. The van der Waals surface area contributed by atoms with Gasteiger partial charge in [-0.1, -0.05) is 36.4 Å². The minimum Gasteiger partial charge on any atom is -0.463 e. The minimum absolute atomic E-state index is 0.0833. The first-order chi connectivity index (χ1) is 15.8. The quantitative estimate of drug-likeness (QED) is 0.239. The highest BCUT2D eigenvalue weighted by Crippen LogP contribution is 2.34. The zero-order valence-electron chi connectivity index (χ0n) is 19.9. The SMILES string of the molecule is COCc1cccc(CC(O)C=CC2C(O)CC(=O)C2CCSCCCC(=O)OC(C)C)c1. The molecule has 0 bridgehead atoms. The number of carbonyl (C=O) groups is 2. The fourth-order valence-electron chi connectivity index (χ4n) is 4.12. The average Bonchev–Trinajstić information content (AvgIpc) is 3.01. The monoisotopic (exact) mass is 478 g/mol. The number of hydrogen-bond donors (Lipinski definition) is 2. The summed E-state index contributed by atoms with van der Waals surface area (Å²) in [5.74, 6) is 1.04. The van der Waals surface area contributed by atoms with E-state index in [4.69, 9.17) is 9.47 Å². The number of ether oxygens (including phenoxy) is 2. The number of benzene rings is 1. The molecule has 0 spiro atoms. The van der Waals surface area contributed by atoms with E-state index in [0.717, 1.165) is 29.1 Å². The first kappa shape index (κ1) is 27.6. The Balaban J connectivity index is 1.79. The Morgan fingerprint density at radius 1 is 1.27 bits per heavy atom. The van der Waals surface area contributed by atoms with Gasteiger partial charge in [-0.05, 0) is 49.3 Å². The molecular formula is C26H38O6S. The Kier molecular flexibility index (Phi) is 12.2. The van der Waals surface area contributed by atoms with Crippen LogP contribution in [-0.4, -0.2) is 58.9 Å². The van der Waals surface area contributed by atoms with Gasteiger partial charge < -0.3 is 19.7 Å². The zero-order valence-corrected chi connectivity index (χ0v) is 20.8. The lowest BCUT2D eigenvalue weighted by atomic mass is 9.91. The molecule has 184 valence electrons. The molecule has 1 saturated carbocycles. The number of Topliss-reactive ketones (excluding diaryl/α,β-unsaturated/α-hetero) is 1. The summed E-state index contributed by atoms with van der Waals surface area (Å²) in [6, 6.07) is 7.90. The third kappa shape index (κ3) is 10.0. The summed E-state index contributed by atoms with van der Waals surface area (Å²) in [4.78, 5) is 24.0. The molecular weight excluding hydrogens is 440 g/mol. The highest BCUT2D eigenvalue weighted by atomic mass is 32.2. The van der Waals surface area contributed by atoms with E-state index in [9.17, 15) is 19.8 Å². The van der Waals surface area contributed by atoms with E-state index < -0.39 is 12.2 Å². The molecule has 0 radical (unpaired) electrons. The van der Waals surface area contributed by atoms with E-state index in [-0.39, 0.29) is 36.1 Å². The standard InChI is InChI=1S/C26H38O6S/c1-18(2)32-26(30)8-5-12-33-13-11-23-22(24(28)16-25(23)29)10-9-21(27)15-19-6-4-7-20(14-19)17-31-3/h4,6-7,9-10,14,18,21-24,27-28H,5,8,11-13,15-17H2,1-3H3. The first-order valence-corrected chi connectivity index (χ1v) is 12.9. The van der Waals surface area contributed by atoms with E-state index in [2.05, 4.69) is 0 Å². The molecule has 1 aliphatic carbocycles. The number of aliphatic hydroxyl groups is 2. The lowest BCUT2D eigenvalue weighted by Crippen LogP contribution is -2.20. The summed E-state index contributed by atoms with van der Waals surface area (Å²) >= 11 is 1.71. The van der Waals surface area contributed by atoms with Gasteiger partial charge in [0.05, 0.1) is 24.9 Å². The average molecular weight is 479 g/mol. The molecule has 1 aromatic rings. The molecule has 4 atom stereocenters. The Morgan fingerprint density at radius 2 is 2.03 bits per heavy atom. The van der Waals surface area contributed by atoms with Gasteiger partial charge in [-0.25, -0.2) is 0 Å². The van der Waals surface area contributed by atoms with Crippen LogP contribution in [0.4, 0.5) is 0 Å². The minimum atomic E-state index is -0.702. The van der Waals surface area contributed by atoms with Crippen LogP contribution in [0.2, 0.25) is 0 Å². The maximum absolute atomic E-state index is 12.4. The van der Waals surface area contributed by atoms with Gasteiger partial charge in [-0.15, -0.1) is 0 Å². The summed E-state index contributed by atoms with van der Waals surface area (Å²) in [6.45, 7) is 4.20. The molecule has 2 N–H and O–H groups in total. The topological polar surface area (TPSA) is 93.1 Å². The van der Waals surface area contributed by atoms with Crippen LogP contribution in [0, 0.1) is 11.8 Å². The summed E-state index contributed by atoms with van der Waals surface area (Å²) in [6.07, 6.45) is 4.51. The van der Waals surface area contributed by atoms with Crippen LogP contribution in [-0.2, 0) is 32.1 Å². The van der Waals surface area contributed by atoms with Crippen LogP contribution < -0.4 is 0 Å². The van der Waals surface area contributed by atoms with Crippen molar-refractivity contribution in [1.29, 1.82) is 0 Å². The smallest absolute Gasteiger partial charge is 0.306 e. The Hall–Kier alpha value is -1.67. The van der Waals surface area contributed by atoms with Gasteiger partial charge in [0.2, 0.25) is 0 Å². The molecule has 7 heteroatoms. The van der Waals surface area contributed by atoms with Gasteiger partial charge in [0.25, 0.3) is 0 Å². The predicted molar refractivity (Wildman–Crippen MR) is 131 cm³/mol. The fourth-order valence-corrected chi connectivity index (χ4v) is 5.10. The van der Waals surface area contributed by atoms with Crippen molar-refractivity contribution in [2.24, 2.45) is 11.8 Å². The lowest BCUT2D eigenvalue weighted by Gasteiger charge is -2.18. The molecule has 0 aromatic heterocycles. The molecule has 1 aromatic carbocycles. The van der Waals surface area contributed by atoms with Crippen LogP contribution >= 0.6 is 11.8 Å². The Labute approximate surface area is 201 Å². The summed E-state index contributed by atoms with van der Waals surface area (Å²) in [5.41, 5.74) is 2.06. The Bertz CT molecular complexity index is 778. The second-order valence-electron chi connectivity index (χ2n) is 8.87.